The number of rotatable bonds is 6. The lowest BCUT2D eigenvalue weighted by molar-refractivity contribution is 0.0398. The number of hydrogen-bond acceptors (Lipinski definition) is 5. The molecule has 0 bridgehead atoms. The average molecular weight is 362 g/mol. The van der Waals surface area contributed by atoms with Gasteiger partial charge in [-0.25, -0.2) is 4.79 Å². The van der Waals surface area contributed by atoms with Crippen molar-refractivity contribution >= 4 is 6.09 Å². The van der Waals surface area contributed by atoms with Gasteiger partial charge in [0.2, 0.25) is 6.79 Å². The zero-order valence-electron chi connectivity index (χ0n) is 16.0. The van der Waals surface area contributed by atoms with Crippen LogP contribution in [0.1, 0.15) is 45.1 Å². The molecule has 3 rings (SSSR count). The minimum atomic E-state index is -0.231. The van der Waals surface area contributed by atoms with Crippen LogP contribution in [0.2, 0.25) is 0 Å². The van der Waals surface area contributed by atoms with Crippen molar-refractivity contribution in [2.45, 2.75) is 64.1 Å². The Kier molecular flexibility index (Phi) is 6.25. The van der Waals surface area contributed by atoms with Crippen molar-refractivity contribution in [3.8, 4) is 11.5 Å². The monoisotopic (exact) mass is 362 g/mol. The van der Waals surface area contributed by atoms with E-state index in [9.17, 15) is 4.79 Å². The molecule has 1 unspecified atom stereocenters. The number of ether oxygens (including phenoxy) is 3. The predicted octanol–water partition coefficient (Wildman–Crippen LogP) is 3.34. The molecule has 1 aromatic rings. The van der Waals surface area contributed by atoms with E-state index in [0.717, 1.165) is 55.7 Å². The van der Waals surface area contributed by atoms with Gasteiger partial charge < -0.3 is 24.4 Å². The first kappa shape index (κ1) is 18.8. The Balaban J connectivity index is 1.47. The molecular formula is C20H30N2O4. The van der Waals surface area contributed by atoms with Crippen LogP contribution in [0.25, 0.3) is 0 Å². The fourth-order valence-corrected chi connectivity index (χ4v) is 3.63. The third-order valence-corrected chi connectivity index (χ3v) is 5.35. The van der Waals surface area contributed by atoms with Gasteiger partial charge in [0, 0.05) is 19.1 Å². The maximum Gasteiger partial charge on any atom is 0.410 e. The SMILES string of the molecule is CCNC1CCC(OC(=O)N(C)C(C)Cc2ccc3c(c2)OCO3)CC1. The molecule has 0 spiro atoms. The molecule has 1 aromatic carbocycles. The summed E-state index contributed by atoms with van der Waals surface area (Å²) in [5.74, 6) is 1.56. The van der Waals surface area contributed by atoms with Gasteiger partial charge in [-0.3, -0.25) is 0 Å². The van der Waals surface area contributed by atoms with Gasteiger partial charge in [-0.1, -0.05) is 13.0 Å². The van der Waals surface area contributed by atoms with Crippen LogP contribution in [0.3, 0.4) is 0 Å². The van der Waals surface area contributed by atoms with Gasteiger partial charge in [-0.05, 0) is 63.3 Å². The molecule has 6 nitrogen and oxygen atoms in total. The van der Waals surface area contributed by atoms with Crippen LogP contribution in [-0.2, 0) is 11.2 Å². The van der Waals surface area contributed by atoms with Gasteiger partial charge in [0.1, 0.15) is 6.10 Å². The van der Waals surface area contributed by atoms with Crippen LogP contribution in [0, 0.1) is 0 Å². The van der Waals surface area contributed by atoms with Crippen molar-refractivity contribution < 1.29 is 19.0 Å². The van der Waals surface area contributed by atoms with Crippen molar-refractivity contribution in [1.29, 1.82) is 0 Å². The van der Waals surface area contributed by atoms with Gasteiger partial charge in [-0.2, -0.15) is 0 Å². The Labute approximate surface area is 155 Å². The third-order valence-electron chi connectivity index (χ3n) is 5.35. The highest BCUT2D eigenvalue weighted by atomic mass is 16.7. The van der Waals surface area contributed by atoms with E-state index < -0.39 is 0 Å². The first-order valence-corrected chi connectivity index (χ1v) is 9.62. The fraction of sp³-hybridized carbons (Fsp3) is 0.650. The van der Waals surface area contributed by atoms with Crippen molar-refractivity contribution in [3.63, 3.8) is 0 Å². The number of benzene rings is 1. The number of nitrogens with zero attached hydrogens (tertiary/aromatic N) is 1. The second-order valence-electron chi connectivity index (χ2n) is 7.27. The summed E-state index contributed by atoms with van der Waals surface area (Å²) in [7, 11) is 1.81. The highest BCUT2D eigenvalue weighted by molar-refractivity contribution is 5.68. The van der Waals surface area contributed by atoms with Crippen LogP contribution < -0.4 is 14.8 Å². The second-order valence-corrected chi connectivity index (χ2v) is 7.27. The summed E-state index contributed by atoms with van der Waals surface area (Å²) >= 11 is 0. The van der Waals surface area contributed by atoms with Crippen molar-refractivity contribution in [3.05, 3.63) is 23.8 Å². The molecule has 6 heteroatoms. The molecule has 1 atom stereocenters. The number of fused-ring (bicyclic) bond motifs is 1. The van der Waals surface area contributed by atoms with Crippen LogP contribution in [-0.4, -0.2) is 49.6 Å². The summed E-state index contributed by atoms with van der Waals surface area (Å²) in [6.07, 6.45) is 4.57. The van der Waals surface area contributed by atoms with Crippen LogP contribution in [0.4, 0.5) is 4.79 Å². The molecule has 144 valence electrons. The number of likely N-dealkylation sites (N-methyl/N-ethyl adjacent to an activating group) is 1. The lowest BCUT2D eigenvalue weighted by Gasteiger charge is -2.31. The summed E-state index contributed by atoms with van der Waals surface area (Å²) in [5.41, 5.74) is 1.12. The Morgan fingerprint density at radius 3 is 2.73 bits per heavy atom. The summed E-state index contributed by atoms with van der Waals surface area (Å²) in [5, 5.41) is 3.47. The van der Waals surface area contributed by atoms with Crippen LogP contribution >= 0.6 is 0 Å². The molecule has 1 aliphatic carbocycles. The molecule has 1 fully saturated rings. The predicted molar refractivity (Wildman–Crippen MR) is 99.7 cm³/mol. The van der Waals surface area contributed by atoms with E-state index in [0.29, 0.717) is 6.04 Å². The molecule has 1 N–H and O–H groups in total. The van der Waals surface area contributed by atoms with E-state index in [1.165, 1.54) is 0 Å². The molecule has 0 radical (unpaired) electrons. The quantitative estimate of drug-likeness (QED) is 0.841. The van der Waals surface area contributed by atoms with Crippen LogP contribution in [0.15, 0.2) is 18.2 Å². The highest BCUT2D eigenvalue weighted by Gasteiger charge is 2.26. The molecule has 0 saturated heterocycles. The standard InChI is InChI=1S/C20H30N2O4/c1-4-21-16-6-8-17(9-7-16)26-20(23)22(3)14(2)11-15-5-10-18-19(12-15)25-13-24-18/h5,10,12,14,16-17,21H,4,6-9,11,13H2,1-3H3. The summed E-state index contributed by atoms with van der Waals surface area (Å²) in [4.78, 5) is 14.2. The Bertz CT molecular complexity index is 614. The fourth-order valence-electron chi connectivity index (χ4n) is 3.63. The number of carbonyl (C=O) groups excluding carboxylic acids is 1. The average Bonchev–Trinajstić information content (AvgIpc) is 3.10. The molecule has 0 aromatic heterocycles. The van der Waals surface area contributed by atoms with Gasteiger partial charge in [-0.15, -0.1) is 0 Å². The Morgan fingerprint density at radius 2 is 2.00 bits per heavy atom. The molecule has 1 amide bonds. The van der Waals surface area contributed by atoms with E-state index in [1.54, 1.807) is 4.90 Å². The summed E-state index contributed by atoms with van der Waals surface area (Å²) in [6.45, 7) is 5.43. The number of hydrogen-bond donors (Lipinski definition) is 1. The normalized spacial score (nSPS) is 22.7. The summed E-state index contributed by atoms with van der Waals surface area (Å²) in [6, 6.07) is 6.54. The first-order chi connectivity index (χ1) is 12.6. The minimum Gasteiger partial charge on any atom is -0.454 e. The molecule has 1 saturated carbocycles. The Hall–Kier alpha value is -1.95. The zero-order chi connectivity index (χ0) is 18.5. The van der Waals surface area contributed by atoms with Crippen molar-refractivity contribution in [1.82, 2.24) is 10.2 Å². The highest BCUT2D eigenvalue weighted by Crippen LogP contribution is 2.33. The van der Waals surface area contributed by atoms with Gasteiger partial charge in [0.05, 0.1) is 0 Å². The molecule has 1 heterocycles. The van der Waals surface area contributed by atoms with E-state index in [4.69, 9.17) is 14.2 Å². The lowest BCUT2D eigenvalue weighted by Crippen LogP contribution is -2.41. The maximum atomic E-state index is 12.5. The van der Waals surface area contributed by atoms with Gasteiger partial charge >= 0.3 is 6.09 Å². The van der Waals surface area contributed by atoms with Gasteiger partial charge in [0.15, 0.2) is 11.5 Å². The van der Waals surface area contributed by atoms with E-state index in [-0.39, 0.29) is 25.0 Å². The molecular weight excluding hydrogens is 332 g/mol. The second kappa shape index (κ2) is 8.62. The van der Waals surface area contributed by atoms with E-state index in [2.05, 4.69) is 12.2 Å². The van der Waals surface area contributed by atoms with Crippen molar-refractivity contribution in [2.75, 3.05) is 20.4 Å². The van der Waals surface area contributed by atoms with Crippen LogP contribution in [0.5, 0.6) is 11.5 Å². The molecule has 26 heavy (non-hydrogen) atoms. The first-order valence-electron chi connectivity index (χ1n) is 9.62. The summed E-state index contributed by atoms with van der Waals surface area (Å²) < 4.78 is 16.5. The maximum absolute atomic E-state index is 12.5. The Morgan fingerprint density at radius 1 is 1.27 bits per heavy atom. The zero-order valence-corrected chi connectivity index (χ0v) is 16.0. The number of nitrogens with one attached hydrogen (secondary N) is 1. The molecule has 2 aliphatic rings. The smallest absolute Gasteiger partial charge is 0.410 e. The minimum absolute atomic E-state index is 0.0394. The number of carbonyl (C=O) groups is 1. The van der Waals surface area contributed by atoms with Gasteiger partial charge in [0.25, 0.3) is 0 Å². The largest absolute Gasteiger partial charge is 0.454 e. The van der Waals surface area contributed by atoms with Crippen molar-refractivity contribution in [2.24, 2.45) is 0 Å². The third kappa shape index (κ3) is 4.61. The topological polar surface area (TPSA) is 60.0 Å². The molecule has 1 aliphatic heterocycles. The number of amides is 1. The van der Waals surface area contributed by atoms with E-state index in [1.807, 2.05) is 32.2 Å². The lowest BCUT2D eigenvalue weighted by atomic mass is 9.93. The van der Waals surface area contributed by atoms with E-state index >= 15 is 0 Å².